The second-order valence-electron chi connectivity index (χ2n) is 5.20. The van der Waals surface area contributed by atoms with Crippen LogP contribution in [0.25, 0.3) is 0 Å². The van der Waals surface area contributed by atoms with E-state index in [0.717, 1.165) is 0 Å². The highest BCUT2D eigenvalue weighted by Crippen LogP contribution is 2.27. The summed E-state index contributed by atoms with van der Waals surface area (Å²) in [5.41, 5.74) is 2.90. The summed E-state index contributed by atoms with van der Waals surface area (Å²) in [5, 5.41) is 9.26. The van der Waals surface area contributed by atoms with Gasteiger partial charge in [0, 0.05) is 18.5 Å². The zero-order chi connectivity index (χ0) is 13.8. The smallest absolute Gasteiger partial charge is 0.232 e. The van der Waals surface area contributed by atoms with E-state index in [1.165, 1.54) is 35.3 Å². The molecule has 0 saturated heterocycles. The van der Waals surface area contributed by atoms with Crippen LogP contribution in [0.5, 0.6) is 0 Å². The third kappa shape index (κ3) is 3.98. The van der Waals surface area contributed by atoms with E-state index >= 15 is 0 Å². The number of benzene rings is 1. The van der Waals surface area contributed by atoms with E-state index in [0.29, 0.717) is 12.3 Å². The summed E-state index contributed by atoms with van der Waals surface area (Å²) in [6.07, 6.45) is 3.13. The average Bonchev–Trinajstić information content (AvgIpc) is 2.82. The fourth-order valence-electron chi connectivity index (χ4n) is 2.39. The Hall–Kier alpha value is -1.00. The lowest BCUT2D eigenvalue weighted by molar-refractivity contribution is -0.128. The van der Waals surface area contributed by atoms with Crippen LogP contribution in [0.2, 0.25) is 0 Å². The molecule has 0 heterocycles. The molecule has 1 unspecified atom stereocenters. The summed E-state index contributed by atoms with van der Waals surface area (Å²) >= 11 is 1.58. The predicted octanol–water partition coefficient (Wildman–Crippen LogP) is 2.11. The minimum Gasteiger partial charge on any atom is -0.392 e. The number of aliphatic hydroxyl groups excluding tert-OH is 1. The lowest BCUT2D eigenvalue weighted by atomic mass is 10.1. The van der Waals surface area contributed by atoms with Crippen molar-refractivity contribution in [2.75, 3.05) is 19.3 Å². The number of hydrogen-bond acceptors (Lipinski definition) is 3. The maximum atomic E-state index is 11.9. The minimum atomic E-state index is -0.473. The third-order valence-corrected chi connectivity index (χ3v) is 4.37. The van der Waals surface area contributed by atoms with Crippen molar-refractivity contribution in [3.63, 3.8) is 0 Å². The van der Waals surface area contributed by atoms with Crippen LogP contribution in [-0.4, -0.2) is 41.4 Å². The van der Waals surface area contributed by atoms with Gasteiger partial charge in [-0.05, 0) is 49.4 Å². The second-order valence-corrected chi connectivity index (χ2v) is 6.24. The van der Waals surface area contributed by atoms with Gasteiger partial charge in [0.1, 0.15) is 0 Å². The van der Waals surface area contributed by atoms with Crippen LogP contribution in [0, 0.1) is 0 Å². The molecule has 19 heavy (non-hydrogen) atoms. The highest BCUT2D eigenvalue weighted by atomic mass is 32.2. The van der Waals surface area contributed by atoms with E-state index < -0.39 is 6.10 Å². The van der Waals surface area contributed by atoms with Crippen molar-refractivity contribution >= 4 is 17.7 Å². The molecule has 0 bridgehead atoms. The number of likely N-dealkylation sites (N-methyl/N-ethyl adjacent to an activating group) is 1. The fourth-order valence-corrected chi connectivity index (χ4v) is 3.29. The molecule has 104 valence electrons. The first kappa shape index (κ1) is 14.4. The minimum absolute atomic E-state index is 0.0615. The number of nitrogens with zero attached hydrogens (tertiary/aromatic N) is 1. The molecule has 0 fully saturated rings. The van der Waals surface area contributed by atoms with Gasteiger partial charge in [-0.1, -0.05) is 6.07 Å². The maximum absolute atomic E-state index is 11.9. The van der Waals surface area contributed by atoms with Gasteiger partial charge in [0.05, 0.1) is 11.9 Å². The molecule has 1 N–H and O–H groups in total. The Labute approximate surface area is 119 Å². The van der Waals surface area contributed by atoms with Gasteiger partial charge < -0.3 is 10.0 Å². The SMILES string of the molecule is CC(O)CN(C)C(=O)CSc1ccc2c(c1)CCC2. The van der Waals surface area contributed by atoms with E-state index in [-0.39, 0.29) is 5.91 Å². The first-order valence-corrected chi connectivity index (χ1v) is 7.71. The van der Waals surface area contributed by atoms with Crippen molar-refractivity contribution in [3.8, 4) is 0 Å². The number of amides is 1. The van der Waals surface area contributed by atoms with Crippen LogP contribution in [0.3, 0.4) is 0 Å². The van der Waals surface area contributed by atoms with Gasteiger partial charge in [-0.3, -0.25) is 4.79 Å². The van der Waals surface area contributed by atoms with Gasteiger partial charge >= 0.3 is 0 Å². The van der Waals surface area contributed by atoms with E-state index in [4.69, 9.17) is 0 Å². The molecule has 0 saturated carbocycles. The number of carbonyl (C=O) groups excluding carboxylic acids is 1. The summed E-state index contributed by atoms with van der Waals surface area (Å²) in [6, 6.07) is 6.51. The van der Waals surface area contributed by atoms with E-state index in [1.807, 2.05) is 0 Å². The van der Waals surface area contributed by atoms with Crippen molar-refractivity contribution in [2.24, 2.45) is 0 Å². The van der Waals surface area contributed by atoms with E-state index in [9.17, 15) is 9.90 Å². The first-order valence-electron chi connectivity index (χ1n) is 6.73. The molecule has 1 aliphatic rings. The van der Waals surface area contributed by atoms with Crippen LogP contribution in [0.1, 0.15) is 24.5 Å². The Morgan fingerprint density at radius 3 is 2.89 bits per heavy atom. The monoisotopic (exact) mass is 279 g/mol. The fraction of sp³-hybridized carbons (Fsp3) is 0.533. The third-order valence-electron chi connectivity index (χ3n) is 3.40. The Balaban J connectivity index is 1.87. The molecular formula is C15H21NO2S. The summed E-state index contributed by atoms with van der Waals surface area (Å²) in [5.74, 6) is 0.494. The first-order chi connectivity index (χ1) is 9.06. The Kier molecular flexibility index (Phi) is 4.88. The van der Waals surface area contributed by atoms with Crippen molar-refractivity contribution in [1.82, 2.24) is 4.90 Å². The Bertz CT molecular complexity index is 459. The predicted molar refractivity (Wildman–Crippen MR) is 78.5 cm³/mol. The number of fused-ring (bicyclic) bond motifs is 1. The molecule has 1 atom stereocenters. The van der Waals surface area contributed by atoms with Gasteiger partial charge in [-0.25, -0.2) is 0 Å². The molecule has 2 rings (SSSR count). The van der Waals surface area contributed by atoms with Crippen LogP contribution in [0.15, 0.2) is 23.1 Å². The van der Waals surface area contributed by atoms with Crippen molar-refractivity contribution in [3.05, 3.63) is 29.3 Å². The molecule has 1 aromatic carbocycles. The van der Waals surface area contributed by atoms with Crippen LogP contribution in [0.4, 0.5) is 0 Å². The largest absolute Gasteiger partial charge is 0.392 e. The van der Waals surface area contributed by atoms with Gasteiger partial charge in [0.25, 0.3) is 0 Å². The number of aryl methyl sites for hydroxylation is 2. The summed E-state index contributed by atoms with van der Waals surface area (Å²) in [4.78, 5) is 14.6. The molecule has 0 aliphatic heterocycles. The van der Waals surface area contributed by atoms with Crippen molar-refractivity contribution in [2.45, 2.75) is 37.2 Å². The van der Waals surface area contributed by atoms with Crippen LogP contribution >= 0.6 is 11.8 Å². The van der Waals surface area contributed by atoms with Crippen molar-refractivity contribution in [1.29, 1.82) is 0 Å². The molecule has 1 aromatic rings. The lowest BCUT2D eigenvalue weighted by Crippen LogP contribution is -2.34. The van der Waals surface area contributed by atoms with Gasteiger partial charge in [0.2, 0.25) is 5.91 Å². The average molecular weight is 279 g/mol. The molecular weight excluding hydrogens is 258 g/mol. The molecule has 4 heteroatoms. The Morgan fingerprint density at radius 1 is 1.42 bits per heavy atom. The van der Waals surface area contributed by atoms with E-state index in [1.54, 1.807) is 30.6 Å². The van der Waals surface area contributed by atoms with Crippen LogP contribution < -0.4 is 0 Å². The van der Waals surface area contributed by atoms with Crippen molar-refractivity contribution < 1.29 is 9.90 Å². The number of hydrogen-bond donors (Lipinski definition) is 1. The van der Waals surface area contributed by atoms with Gasteiger partial charge in [0.15, 0.2) is 0 Å². The van der Waals surface area contributed by atoms with Gasteiger partial charge in [-0.2, -0.15) is 0 Å². The molecule has 1 amide bonds. The maximum Gasteiger partial charge on any atom is 0.232 e. The standard InChI is InChI=1S/C15H21NO2S/c1-11(17)9-16(2)15(18)10-19-14-7-6-12-4-3-5-13(12)8-14/h6-8,11,17H,3-5,9-10H2,1-2H3. The molecule has 1 aliphatic carbocycles. The normalized spacial score (nSPS) is 15.1. The van der Waals surface area contributed by atoms with Crippen LogP contribution in [-0.2, 0) is 17.6 Å². The summed E-state index contributed by atoms with van der Waals surface area (Å²) in [7, 11) is 1.73. The van der Waals surface area contributed by atoms with E-state index in [2.05, 4.69) is 18.2 Å². The summed E-state index contributed by atoms with van der Waals surface area (Å²) < 4.78 is 0. The van der Waals surface area contributed by atoms with Gasteiger partial charge in [-0.15, -0.1) is 11.8 Å². The Morgan fingerprint density at radius 2 is 2.16 bits per heavy atom. The number of carbonyl (C=O) groups is 1. The molecule has 0 aromatic heterocycles. The molecule has 0 radical (unpaired) electrons. The topological polar surface area (TPSA) is 40.5 Å². The number of thioether (sulfide) groups is 1. The molecule has 0 spiro atoms. The second kappa shape index (κ2) is 6.44. The number of rotatable bonds is 5. The lowest BCUT2D eigenvalue weighted by Gasteiger charge is -2.18. The highest BCUT2D eigenvalue weighted by molar-refractivity contribution is 8.00. The zero-order valence-electron chi connectivity index (χ0n) is 11.6. The zero-order valence-corrected chi connectivity index (χ0v) is 12.4. The highest BCUT2D eigenvalue weighted by Gasteiger charge is 2.13. The summed E-state index contributed by atoms with van der Waals surface area (Å²) in [6.45, 7) is 2.08. The number of aliphatic hydroxyl groups is 1. The molecule has 3 nitrogen and oxygen atoms in total. The quantitative estimate of drug-likeness (QED) is 0.839.